The summed E-state index contributed by atoms with van der Waals surface area (Å²) in [5, 5.41) is 4.74. The van der Waals surface area contributed by atoms with Gasteiger partial charge in [-0.05, 0) is 29.9 Å². The van der Waals surface area contributed by atoms with Crippen molar-refractivity contribution in [1.82, 2.24) is 24.1 Å². The molecule has 5 rings (SSSR count). The van der Waals surface area contributed by atoms with Crippen molar-refractivity contribution < 1.29 is 4.74 Å². The highest BCUT2D eigenvalue weighted by Crippen LogP contribution is 2.45. The summed E-state index contributed by atoms with van der Waals surface area (Å²) < 4.78 is 9.24. The Balaban J connectivity index is 1.72. The molecule has 3 heterocycles. The molecule has 0 saturated heterocycles. The number of aromatic nitrogens is 5. The van der Waals surface area contributed by atoms with Crippen molar-refractivity contribution in [3.05, 3.63) is 54.5 Å². The first-order valence-corrected chi connectivity index (χ1v) is 9.40. The van der Waals surface area contributed by atoms with E-state index in [9.17, 15) is 0 Å². The molecule has 1 aliphatic rings. The lowest BCUT2D eigenvalue weighted by molar-refractivity contribution is 0.0259. The summed E-state index contributed by atoms with van der Waals surface area (Å²) in [5.41, 5.74) is 10.8. The minimum Gasteiger partial charge on any atom is -0.382 e. The van der Waals surface area contributed by atoms with E-state index in [0.717, 1.165) is 29.5 Å². The van der Waals surface area contributed by atoms with Crippen LogP contribution in [0, 0.1) is 0 Å². The Kier molecular flexibility index (Phi) is 3.91. The molecule has 4 aromatic rings. The predicted molar refractivity (Wildman–Crippen MR) is 108 cm³/mol. The van der Waals surface area contributed by atoms with Crippen LogP contribution in [0.3, 0.4) is 0 Å². The maximum atomic E-state index is 6.44. The van der Waals surface area contributed by atoms with Crippen molar-refractivity contribution in [2.45, 2.75) is 24.9 Å². The van der Waals surface area contributed by atoms with E-state index in [1.807, 2.05) is 40.5 Å². The highest BCUT2D eigenvalue weighted by atomic mass is 16.5. The fourth-order valence-corrected chi connectivity index (χ4v) is 4.03. The van der Waals surface area contributed by atoms with Crippen LogP contribution in [-0.2, 0) is 11.8 Å². The maximum Gasteiger partial charge on any atom is 0.218 e. The average molecular weight is 374 g/mol. The fourth-order valence-electron chi connectivity index (χ4n) is 4.03. The van der Waals surface area contributed by atoms with E-state index in [0.29, 0.717) is 29.5 Å². The van der Waals surface area contributed by atoms with Gasteiger partial charge < -0.3 is 15.0 Å². The number of nitrogens with two attached hydrogens (primary N) is 1. The molecule has 0 amide bonds. The van der Waals surface area contributed by atoms with Gasteiger partial charge in [-0.1, -0.05) is 30.3 Å². The Bertz CT molecular complexity index is 1140. The number of fused-ring (bicyclic) bond motifs is 1. The minimum absolute atomic E-state index is 0.322. The molecule has 0 aliphatic heterocycles. The molecule has 142 valence electrons. The van der Waals surface area contributed by atoms with Gasteiger partial charge in [0.15, 0.2) is 11.6 Å². The third-order valence-corrected chi connectivity index (χ3v) is 5.64. The first-order valence-electron chi connectivity index (χ1n) is 9.40. The van der Waals surface area contributed by atoms with Gasteiger partial charge in [0.25, 0.3) is 0 Å². The highest BCUT2D eigenvalue weighted by Gasteiger charge is 2.34. The Labute approximate surface area is 162 Å². The van der Waals surface area contributed by atoms with Crippen LogP contribution in [0.25, 0.3) is 28.3 Å². The van der Waals surface area contributed by atoms with Crippen molar-refractivity contribution in [2.24, 2.45) is 7.05 Å². The highest BCUT2D eigenvalue weighted by molar-refractivity contribution is 5.91. The monoisotopic (exact) mass is 374 g/mol. The molecule has 0 bridgehead atoms. The molecule has 28 heavy (non-hydrogen) atoms. The van der Waals surface area contributed by atoms with Gasteiger partial charge in [0.2, 0.25) is 5.82 Å². The molecule has 1 aromatic carbocycles. The number of nitrogens with zero attached hydrogens (tertiary/aromatic N) is 5. The summed E-state index contributed by atoms with van der Waals surface area (Å²) in [5.74, 6) is 2.09. The van der Waals surface area contributed by atoms with Gasteiger partial charge >= 0.3 is 0 Å². The van der Waals surface area contributed by atoms with E-state index in [1.54, 1.807) is 13.3 Å². The van der Waals surface area contributed by atoms with Crippen LogP contribution in [0.15, 0.2) is 48.9 Å². The normalized spacial score (nSPS) is 19.1. The van der Waals surface area contributed by atoms with E-state index in [2.05, 4.69) is 28.3 Å². The lowest BCUT2D eigenvalue weighted by Crippen LogP contribution is -2.28. The molecule has 0 atom stereocenters. The van der Waals surface area contributed by atoms with Gasteiger partial charge in [0.05, 0.1) is 6.10 Å². The second-order valence-electron chi connectivity index (χ2n) is 7.33. The number of rotatable bonds is 4. The Morgan fingerprint density at radius 2 is 1.96 bits per heavy atom. The second-order valence-corrected chi connectivity index (χ2v) is 7.33. The molecule has 1 fully saturated rings. The van der Waals surface area contributed by atoms with Crippen molar-refractivity contribution in [1.29, 1.82) is 0 Å². The zero-order chi connectivity index (χ0) is 19.3. The molecular formula is C21H22N6O. The number of anilines is 1. The van der Waals surface area contributed by atoms with E-state index >= 15 is 0 Å². The summed E-state index contributed by atoms with van der Waals surface area (Å²) in [7, 11) is 3.69. The summed E-state index contributed by atoms with van der Waals surface area (Å²) in [6.07, 6.45) is 8.03. The summed E-state index contributed by atoms with van der Waals surface area (Å²) in [6, 6.07) is 10.3. The molecule has 1 saturated carbocycles. The van der Waals surface area contributed by atoms with Gasteiger partial charge in [-0.15, -0.1) is 5.10 Å². The number of aryl methyl sites for hydroxylation is 1. The molecule has 0 spiro atoms. The third kappa shape index (κ3) is 2.58. The van der Waals surface area contributed by atoms with Crippen LogP contribution < -0.4 is 5.73 Å². The minimum atomic E-state index is 0.322. The van der Waals surface area contributed by atoms with Gasteiger partial charge in [0.1, 0.15) is 5.52 Å². The van der Waals surface area contributed by atoms with Crippen LogP contribution in [-0.4, -0.2) is 37.4 Å². The molecule has 1 aliphatic carbocycles. The first kappa shape index (κ1) is 16.9. The van der Waals surface area contributed by atoms with Gasteiger partial charge in [0, 0.05) is 38.3 Å². The molecule has 0 unspecified atom stereocenters. The number of methoxy groups -OCH3 is 1. The van der Waals surface area contributed by atoms with E-state index in [1.165, 1.54) is 5.56 Å². The standard InChI is InChI=1S/C21H22N6O/c1-26-9-8-23-21(26)20-24-19(22)18-17(13-6-4-3-5-7-13)16(12-27(18)25-20)14-10-15(11-14)28-2/h3-9,12,14-15H,10-11H2,1-2H3,(H2,22,24,25). The summed E-state index contributed by atoms with van der Waals surface area (Å²) in [4.78, 5) is 8.93. The number of ether oxygens (including phenoxy) is 1. The Hall–Kier alpha value is -3.19. The van der Waals surface area contributed by atoms with Crippen LogP contribution in [0.4, 0.5) is 5.82 Å². The van der Waals surface area contributed by atoms with E-state index < -0.39 is 0 Å². The summed E-state index contributed by atoms with van der Waals surface area (Å²) >= 11 is 0. The second kappa shape index (κ2) is 6.45. The average Bonchev–Trinajstić information content (AvgIpc) is 3.25. The Morgan fingerprint density at radius 1 is 1.18 bits per heavy atom. The van der Waals surface area contributed by atoms with Crippen molar-refractivity contribution in [2.75, 3.05) is 12.8 Å². The molecule has 0 radical (unpaired) electrons. The Morgan fingerprint density at radius 3 is 2.64 bits per heavy atom. The fraction of sp³-hybridized carbons (Fsp3) is 0.286. The van der Waals surface area contributed by atoms with Crippen LogP contribution in [0.2, 0.25) is 0 Å². The largest absolute Gasteiger partial charge is 0.382 e. The zero-order valence-electron chi connectivity index (χ0n) is 15.9. The molecule has 7 nitrogen and oxygen atoms in total. The SMILES string of the molecule is COC1CC(c2cn3nc(-c4nccn4C)nc(N)c3c2-c2ccccc2)C1. The van der Waals surface area contributed by atoms with Crippen molar-refractivity contribution in [3.63, 3.8) is 0 Å². The lowest BCUT2D eigenvalue weighted by atomic mass is 9.76. The van der Waals surface area contributed by atoms with Crippen LogP contribution in [0.1, 0.15) is 24.3 Å². The first-order chi connectivity index (χ1) is 13.7. The zero-order valence-corrected chi connectivity index (χ0v) is 15.9. The van der Waals surface area contributed by atoms with Crippen molar-refractivity contribution >= 4 is 11.3 Å². The lowest BCUT2D eigenvalue weighted by Gasteiger charge is -2.34. The smallest absolute Gasteiger partial charge is 0.218 e. The number of nitrogen functional groups attached to an aromatic ring is 1. The number of imidazole rings is 1. The van der Waals surface area contributed by atoms with Gasteiger partial charge in [-0.3, -0.25) is 0 Å². The molecule has 7 heteroatoms. The van der Waals surface area contributed by atoms with E-state index in [4.69, 9.17) is 15.6 Å². The molecule has 2 N–H and O–H groups in total. The van der Waals surface area contributed by atoms with E-state index in [-0.39, 0.29) is 0 Å². The predicted octanol–water partition coefficient (Wildman–Crippen LogP) is 3.27. The number of hydrogen-bond donors (Lipinski definition) is 1. The van der Waals surface area contributed by atoms with Crippen molar-refractivity contribution in [3.8, 4) is 22.8 Å². The quantitative estimate of drug-likeness (QED) is 0.593. The van der Waals surface area contributed by atoms with Gasteiger partial charge in [-0.25, -0.2) is 14.5 Å². The summed E-state index contributed by atoms with van der Waals surface area (Å²) in [6.45, 7) is 0. The third-order valence-electron chi connectivity index (χ3n) is 5.64. The van der Waals surface area contributed by atoms with Crippen LogP contribution in [0.5, 0.6) is 0 Å². The number of hydrogen-bond acceptors (Lipinski definition) is 5. The van der Waals surface area contributed by atoms with Gasteiger partial charge in [-0.2, -0.15) is 0 Å². The number of benzene rings is 1. The molecule has 3 aromatic heterocycles. The topological polar surface area (TPSA) is 83.3 Å². The maximum absolute atomic E-state index is 6.44. The molecular weight excluding hydrogens is 352 g/mol. The van der Waals surface area contributed by atoms with Crippen LogP contribution >= 0.6 is 0 Å².